The van der Waals surface area contributed by atoms with Gasteiger partial charge in [-0.25, -0.2) is 18.4 Å². The second-order valence-corrected chi connectivity index (χ2v) is 11.5. The zero-order chi connectivity index (χ0) is 25.2. The van der Waals surface area contributed by atoms with Gasteiger partial charge in [0.05, 0.1) is 37.9 Å². The van der Waals surface area contributed by atoms with Gasteiger partial charge in [-0.05, 0) is 63.4 Å². The highest BCUT2D eigenvalue weighted by atomic mass is 32.2. The van der Waals surface area contributed by atoms with E-state index < -0.39 is 15.6 Å². The van der Waals surface area contributed by atoms with E-state index in [4.69, 9.17) is 19.2 Å². The number of nitrogens with one attached hydrogen (secondary N) is 1. The van der Waals surface area contributed by atoms with Crippen LogP contribution in [0.5, 0.6) is 11.8 Å². The predicted molar refractivity (Wildman–Crippen MR) is 132 cm³/mol. The van der Waals surface area contributed by atoms with Crippen LogP contribution in [0.15, 0.2) is 18.3 Å². The maximum atomic E-state index is 11.8. The number of fused-ring (bicyclic) bond motifs is 1. The Balaban J connectivity index is 1.48. The molecule has 4 heterocycles. The van der Waals surface area contributed by atoms with Crippen LogP contribution in [-0.4, -0.2) is 73.6 Å². The zero-order valence-electron chi connectivity index (χ0n) is 20.7. The number of methoxy groups -OCH3 is 1. The Bertz CT molecular complexity index is 1160. The summed E-state index contributed by atoms with van der Waals surface area (Å²) in [5.41, 5.74) is 2.77. The molecule has 2 aliphatic rings. The van der Waals surface area contributed by atoms with Crippen LogP contribution in [-0.2, 0) is 28.0 Å². The Morgan fingerprint density at radius 3 is 2.63 bits per heavy atom. The number of pyridine rings is 2. The number of anilines is 1. The van der Waals surface area contributed by atoms with Crippen LogP contribution in [0.4, 0.5) is 5.69 Å². The maximum absolute atomic E-state index is 11.8. The number of piperidine rings is 1. The summed E-state index contributed by atoms with van der Waals surface area (Å²) in [7, 11) is -2.08. The van der Waals surface area contributed by atoms with Crippen molar-refractivity contribution in [3.05, 3.63) is 29.5 Å². The quantitative estimate of drug-likeness (QED) is 0.528. The van der Waals surface area contributed by atoms with Gasteiger partial charge >= 0.3 is 0 Å². The summed E-state index contributed by atoms with van der Waals surface area (Å²) in [5.74, 6) is 1.02. The maximum Gasteiger partial charge on any atom is 0.238 e. The first-order valence-electron chi connectivity index (χ1n) is 11.7. The van der Waals surface area contributed by atoms with Gasteiger partial charge in [0.2, 0.25) is 21.8 Å². The molecule has 10 nitrogen and oxygen atoms in total. The van der Waals surface area contributed by atoms with Gasteiger partial charge in [-0.15, -0.1) is 0 Å². The van der Waals surface area contributed by atoms with Crippen LogP contribution in [0.3, 0.4) is 0 Å². The molecule has 0 aliphatic carbocycles. The first kappa shape index (κ1) is 25.6. The van der Waals surface area contributed by atoms with Crippen molar-refractivity contribution in [1.29, 1.82) is 0 Å². The van der Waals surface area contributed by atoms with Gasteiger partial charge in [0.15, 0.2) is 0 Å². The number of hydrogen-bond donors (Lipinski definition) is 2. The number of likely N-dealkylation sites (tertiary alicyclic amines) is 1. The molecule has 2 N–H and O–H groups in total. The lowest BCUT2D eigenvalue weighted by atomic mass is 9.83. The summed E-state index contributed by atoms with van der Waals surface area (Å²) in [6.07, 6.45) is 4.60. The lowest BCUT2D eigenvalue weighted by Gasteiger charge is -2.37. The molecule has 1 saturated heterocycles. The Morgan fingerprint density at radius 1 is 1.23 bits per heavy atom. The minimum Gasteiger partial charge on any atom is -0.480 e. The van der Waals surface area contributed by atoms with E-state index in [1.54, 1.807) is 12.3 Å². The Kier molecular flexibility index (Phi) is 7.51. The SMILES string of the molecule is COc1ncc(-c2cc3c(c(OCCN4CCC(C(C)(C)O)CC4)n2)COC3)cc1NS(C)(=O)=O. The highest BCUT2D eigenvalue weighted by Gasteiger charge is 2.30. The van der Waals surface area contributed by atoms with Gasteiger partial charge in [-0.2, -0.15) is 0 Å². The van der Waals surface area contributed by atoms with Crippen molar-refractivity contribution in [3.63, 3.8) is 0 Å². The lowest BCUT2D eigenvalue weighted by Crippen LogP contribution is -2.43. The summed E-state index contributed by atoms with van der Waals surface area (Å²) >= 11 is 0. The van der Waals surface area contributed by atoms with Crippen molar-refractivity contribution in [2.75, 3.05) is 44.3 Å². The first-order valence-corrected chi connectivity index (χ1v) is 13.6. The highest BCUT2D eigenvalue weighted by Crippen LogP contribution is 2.34. The molecule has 0 unspecified atom stereocenters. The first-order chi connectivity index (χ1) is 16.5. The molecule has 11 heteroatoms. The van der Waals surface area contributed by atoms with Gasteiger partial charge in [0, 0.05) is 23.9 Å². The molecule has 2 aliphatic heterocycles. The van der Waals surface area contributed by atoms with E-state index in [1.165, 1.54) is 7.11 Å². The molecule has 35 heavy (non-hydrogen) atoms. The van der Waals surface area contributed by atoms with E-state index >= 15 is 0 Å². The minimum absolute atomic E-state index is 0.175. The molecule has 0 saturated carbocycles. The van der Waals surface area contributed by atoms with Crippen LogP contribution in [0.25, 0.3) is 11.3 Å². The third kappa shape index (κ3) is 6.40. The smallest absolute Gasteiger partial charge is 0.238 e. The van der Waals surface area contributed by atoms with E-state index in [2.05, 4.69) is 14.6 Å². The van der Waals surface area contributed by atoms with Crippen molar-refractivity contribution in [2.24, 2.45) is 5.92 Å². The van der Waals surface area contributed by atoms with Crippen LogP contribution >= 0.6 is 0 Å². The zero-order valence-corrected chi connectivity index (χ0v) is 21.5. The largest absolute Gasteiger partial charge is 0.480 e. The van der Waals surface area contributed by atoms with E-state index in [9.17, 15) is 13.5 Å². The van der Waals surface area contributed by atoms with E-state index in [1.807, 2.05) is 19.9 Å². The summed E-state index contributed by atoms with van der Waals surface area (Å²) in [5, 5.41) is 10.3. The standard InChI is InChI=1S/C24H34N4O6S/c1-24(2,29)18-5-7-28(8-6-18)9-10-34-22-19-15-33-14-17(19)12-20(26-22)16-11-21(27-35(4,30)31)23(32-3)25-13-16/h11-13,18,27,29H,5-10,14-15H2,1-4H3. The van der Waals surface area contributed by atoms with Gasteiger partial charge in [-0.3, -0.25) is 9.62 Å². The number of ether oxygens (including phenoxy) is 3. The third-order valence-electron chi connectivity index (χ3n) is 6.55. The molecule has 1 fully saturated rings. The molecule has 192 valence electrons. The van der Waals surface area contributed by atoms with Crippen molar-refractivity contribution < 1.29 is 27.7 Å². The molecule has 0 spiro atoms. The van der Waals surface area contributed by atoms with Crippen LogP contribution < -0.4 is 14.2 Å². The average Bonchev–Trinajstić information content (AvgIpc) is 3.27. The molecule has 0 bridgehead atoms. The summed E-state index contributed by atoms with van der Waals surface area (Å²) in [4.78, 5) is 11.3. The van der Waals surface area contributed by atoms with Crippen molar-refractivity contribution in [1.82, 2.24) is 14.9 Å². The molecule has 0 aromatic carbocycles. The van der Waals surface area contributed by atoms with Crippen molar-refractivity contribution >= 4 is 15.7 Å². The average molecular weight is 507 g/mol. The van der Waals surface area contributed by atoms with E-state index in [-0.39, 0.29) is 11.6 Å². The fourth-order valence-corrected chi connectivity index (χ4v) is 5.12. The lowest BCUT2D eigenvalue weighted by molar-refractivity contribution is -0.0138. The molecule has 0 amide bonds. The number of hydrogen-bond acceptors (Lipinski definition) is 9. The third-order valence-corrected chi connectivity index (χ3v) is 7.14. The van der Waals surface area contributed by atoms with E-state index in [0.717, 1.165) is 49.9 Å². The molecule has 2 aromatic rings. The number of nitrogens with zero attached hydrogens (tertiary/aromatic N) is 3. The Hall–Kier alpha value is -2.47. The van der Waals surface area contributed by atoms with Crippen LogP contribution in [0, 0.1) is 5.92 Å². The van der Waals surface area contributed by atoms with Crippen molar-refractivity contribution in [2.45, 2.75) is 45.5 Å². The molecule has 2 aromatic heterocycles. The monoisotopic (exact) mass is 506 g/mol. The minimum atomic E-state index is -3.51. The topological polar surface area (TPSA) is 123 Å². The fraction of sp³-hybridized carbons (Fsp3) is 0.583. The second-order valence-electron chi connectivity index (χ2n) is 9.72. The second kappa shape index (κ2) is 10.3. The number of aromatic nitrogens is 2. The molecule has 4 rings (SSSR count). The van der Waals surface area contributed by atoms with Crippen molar-refractivity contribution in [3.8, 4) is 23.0 Å². The van der Waals surface area contributed by atoms with Gasteiger partial charge in [0.1, 0.15) is 12.3 Å². The van der Waals surface area contributed by atoms with Crippen LogP contribution in [0.2, 0.25) is 0 Å². The summed E-state index contributed by atoms with van der Waals surface area (Å²) < 4.78 is 42.9. The predicted octanol–water partition coefficient (Wildman–Crippen LogP) is 2.42. The summed E-state index contributed by atoms with van der Waals surface area (Å²) in [6, 6.07) is 3.57. The molecule has 0 atom stereocenters. The van der Waals surface area contributed by atoms with Gasteiger partial charge < -0.3 is 19.3 Å². The molecule has 0 radical (unpaired) electrons. The highest BCUT2D eigenvalue weighted by molar-refractivity contribution is 7.92. The summed E-state index contributed by atoms with van der Waals surface area (Å²) in [6.45, 7) is 7.79. The Labute approximate surface area is 206 Å². The normalized spacial score (nSPS) is 17.3. The molecular formula is C24H34N4O6S. The van der Waals surface area contributed by atoms with Gasteiger partial charge in [-0.1, -0.05) is 0 Å². The Morgan fingerprint density at radius 2 is 1.97 bits per heavy atom. The number of aliphatic hydroxyl groups is 1. The molecular weight excluding hydrogens is 472 g/mol. The van der Waals surface area contributed by atoms with Gasteiger partial charge in [0.25, 0.3) is 0 Å². The van der Waals surface area contributed by atoms with Crippen LogP contribution in [0.1, 0.15) is 37.8 Å². The number of sulfonamides is 1. The fourth-order valence-electron chi connectivity index (χ4n) is 4.57. The van der Waals surface area contributed by atoms with E-state index in [0.29, 0.717) is 42.9 Å². The number of rotatable bonds is 9.